The van der Waals surface area contributed by atoms with E-state index in [0.717, 1.165) is 42.6 Å². The first-order chi connectivity index (χ1) is 14.5. The Morgan fingerprint density at radius 1 is 1.03 bits per heavy atom. The molecular weight excluding hydrogens is 382 g/mol. The number of quaternary nitrogens is 1. The summed E-state index contributed by atoms with van der Waals surface area (Å²) < 4.78 is 5.36. The van der Waals surface area contributed by atoms with E-state index in [-0.39, 0.29) is 24.9 Å². The summed E-state index contributed by atoms with van der Waals surface area (Å²) in [6.07, 6.45) is 0. The highest BCUT2D eigenvalue weighted by atomic mass is 16.5. The number of nitrogens with one attached hydrogen (secondary N) is 3. The zero-order valence-corrected chi connectivity index (χ0v) is 17.0. The molecule has 0 spiro atoms. The van der Waals surface area contributed by atoms with Gasteiger partial charge in [-0.25, -0.2) is 0 Å². The second-order valence-corrected chi connectivity index (χ2v) is 7.21. The van der Waals surface area contributed by atoms with Crippen LogP contribution in [0.5, 0.6) is 0 Å². The number of morpholine rings is 1. The Hall–Kier alpha value is -3.41. The normalized spacial score (nSPS) is 14.5. The first-order valence-electron chi connectivity index (χ1n) is 9.88. The standard InChI is InChI=1S/C22H25N5O3/c1-26(16-22(29)25-20-5-3-2-4-17(20)14-23)15-21(28)24-18-6-8-19(9-7-18)27-10-12-30-13-11-27/h2-9H,10-13,15-16H2,1H3,(H,24,28)(H,25,29)/p+1. The number of benzene rings is 2. The number of carbonyl (C=O) groups is 2. The molecule has 2 aromatic rings. The molecule has 0 radical (unpaired) electrons. The van der Waals surface area contributed by atoms with Crippen molar-refractivity contribution in [1.29, 1.82) is 5.26 Å². The van der Waals surface area contributed by atoms with E-state index >= 15 is 0 Å². The van der Waals surface area contributed by atoms with Crippen LogP contribution < -0.4 is 20.4 Å². The van der Waals surface area contributed by atoms with Crippen molar-refractivity contribution in [3.8, 4) is 6.07 Å². The highest BCUT2D eigenvalue weighted by molar-refractivity contribution is 5.94. The number of anilines is 3. The third-order valence-corrected chi connectivity index (χ3v) is 4.77. The quantitative estimate of drug-likeness (QED) is 0.619. The lowest BCUT2D eigenvalue weighted by molar-refractivity contribution is -0.862. The van der Waals surface area contributed by atoms with Crippen molar-refractivity contribution < 1.29 is 19.2 Å². The number of hydrogen-bond acceptors (Lipinski definition) is 5. The molecule has 3 N–H and O–H groups in total. The third kappa shape index (κ3) is 6.04. The molecular formula is C22H26N5O3+. The Labute approximate surface area is 176 Å². The second kappa shape index (κ2) is 10.4. The van der Waals surface area contributed by atoms with Crippen LogP contribution in [0.1, 0.15) is 5.56 Å². The fourth-order valence-corrected chi connectivity index (χ4v) is 3.28. The molecule has 0 aromatic heterocycles. The van der Waals surface area contributed by atoms with Gasteiger partial charge < -0.3 is 25.2 Å². The van der Waals surface area contributed by atoms with Crippen LogP contribution in [-0.4, -0.2) is 58.3 Å². The lowest BCUT2D eigenvalue weighted by atomic mass is 10.2. The van der Waals surface area contributed by atoms with Gasteiger partial charge in [0.25, 0.3) is 11.8 Å². The van der Waals surface area contributed by atoms with Crippen molar-refractivity contribution in [3.05, 3.63) is 54.1 Å². The lowest BCUT2D eigenvalue weighted by Crippen LogP contribution is -3.11. The van der Waals surface area contributed by atoms with E-state index in [2.05, 4.69) is 15.5 Å². The van der Waals surface area contributed by atoms with Gasteiger partial charge in [0.05, 0.1) is 31.5 Å². The molecule has 1 heterocycles. The Balaban J connectivity index is 1.46. The van der Waals surface area contributed by atoms with Gasteiger partial charge >= 0.3 is 0 Å². The zero-order chi connectivity index (χ0) is 21.3. The van der Waals surface area contributed by atoms with E-state index in [9.17, 15) is 9.59 Å². The van der Waals surface area contributed by atoms with Crippen molar-refractivity contribution in [2.45, 2.75) is 0 Å². The number of nitriles is 1. The molecule has 0 aliphatic carbocycles. The van der Waals surface area contributed by atoms with Crippen LogP contribution in [0.4, 0.5) is 17.1 Å². The van der Waals surface area contributed by atoms with Gasteiger partial charge in [-0.05, 0) is 36.4 Å². The van der Waals surface area contributed by atoms with E-state index in [0.29, 0.717) is 11.3 Å². The zero-order valence-electron chi connectivity index (χ0n) is 17.0. The third-order valence-electron chi connectivity index (χ3n) is 4.77. The predicted octanol–water partition coefficient (Wildman–Crippen LogP) is 0.487. The van der Waals surface area contributed by atoms with E-state index in [1.807, 2.05) is 30.3 Å². The molecule has 0 saturated carbocycles. The van der Waals surface area contributed by atoms with Gasteiger partial charge in [0.2, 0.25) is 0 Å². The van der Waals surface area contributed by atoms with Gasteiger partial charge in [0, 0.05) is 24.5 Å². The van der Waals surface area contributed by atoms with E-state index < -0.39 is 0 Å². The molecule has 2 aromatic carbocycles. The van der Waals surface area contributed by atoms with Gasteiger partial charge in [-0.3, -0.25) is 9.59 Å². The summed E-state index contributed by atoms with van der Waals surface area (Å²) >= 11 is 0. The van der Waals surface area contributed by atoms with Crippen LogP contribution in [-0.2, 0) is 14.3 Å². The van der Waals surface area contributed by atoms with Crippen molar-refractivity contribution in [2.24, 2.45) is 0 Å². The highest BCUT2D eigenvalue weighted by Crippen LogP contribution is 2.19. The number of ether oxygens (including phenoxy) is 1. The topological polar surface area (TPSA) is 98.9 Å². The second-order valence-electron chi connectivity index (χ2n) is 7.21. The van der Waals surface area contributed by atoms with Gasteiger partial charge in [-0.1, -0.05) is 12.1 Å². The van der Waals surface area contributed by atoms with Gasteiger partial charge in [-0.15, -0.1) is 0 Å². The number of likely N-dealkylation sites (N-methyl/N-ethyl adjacent to an activating group) is 1. The summed E-state index contributed by atoms with van der Waals surface area (Å²) in [5.41, 5.74) is 2.70. The molecule has 156 valence electrons. The molecule has 1 atom stereocenters. The Kier molecular flexibility index (Phi) is 7.38. The predicted molar refractivity (Wildman–Crippen MR) is 115 cm³/mol. The Morgan fingerprint density at radius 2 is 1.67 bits per heavy atom. The maximum atomic E-state index is 12.3. The molecule has 1 unspecified atom stereocenters. The molecule has 0 bridgehead atoms. The molecule has 30 heavy (non-hydrogen) atoms. The van der Waals surface area contributed by atoms with Gasteiger partial charge in [-0.2, -0.15) is 5.26 Å². The number of nitrogens with zero attached hydrogens (tertiary/aromatic N) is 2. The van der Waals surface area contributed by atoms with Crippen molar-refractivity contribution in [2.75, 3.05) is 62.0 Å². The summed E-state index contributed by atoms with van der Waals surface area (Å²) in [5, 5.41) is 14.7. The van der Waals surface area contributed by atoms with Crippen molar-refractivity contribution in [1.82, 2.24) is 0 Å². The van der Waals surface area contributed by atoms with Crippen LogP contribution in [0, 0.1) is 11.3 Å². The molecule has 3 rings (SSSR count). The SMILES string of the molecule is C[NH+](CC(=O)Nc1ccc(N2CCOCC2)cc1)CC(=O)Nc1ccccc1C#N. The first kappa shape index (κ1) is 21.3. The minimum atomic E-state index is -0.252. The molecule has 8 nitrogen and oxygen atoms in total. The Morgan fingerprint density at radius 3 is 2.33 bits per heavy atom. The summed E-state index contributed by atoms with van der Waals surface area (Å²) in [6.45, 7) is 3.44. The average molecular weight is 408 g/mol. The molecule has 1 aliphatic heterocycles. The largest absolute Gasteiger partial charge is 0.378 e. The Bertz CT molecular complexity index is 917. The molecule has 1 aliphatic rings. The molecule has 2 amide bonds. The minimum absolute atomic E-state index is 0.114. The first-order valence-corrected chi connectivity index (χ1v) is 9.88. The minimum Gasteiger partial charge on any atom is -0.378 e. The fourth-order valence-electron chi connectivity index (χ4n) is 3.28. The van der Waals surface area contributed by atoms with Crippen LogP contribution in [0.3, 0.4) is 0 Å². The number of hydrogen-bond donors (Lipinski definition) is 3. The van der Waals surface area contributed by atoms with Crippen LogP contribution in [0.2, 0.25) is 0 Å². The summed E-state index contributed by atoms with van der Waals surface area (Å²) in [5.74, 6) is -0.422. The van der Waals surface area contributed by atoms with Crippen LogP contribution >= 0.6 is 0 Å². The number of para-hydroxylation sites is 1. The van der Waals surface area contributed by atoms with E-state index in [1.165, 1.54) is 0 Å². The van der Waals surface area contributed by atoms with Crippen molar-refractivity contribution >= 4 is 28.9 Å². The monoisotopic (exact) mass is 408 g/mol. The average Bonchev–Trinajstić information content (AvgIpc) is 2.75. The number of rotatable bonds is 7. The molecule has 1 fully saturated rings. The van der Waals surface area contributed by atoms with E-state index in [1.54, 1.807) is 31.3 Å². The number of amides is 2. The fraction of sp³-hybridized carbons (Fsp3) is 0.318. The van der Waals surface area contributed by atoms with Crippen LogP contribution in [0.15, 0.2) is 48.5 Å². The van der Waals surface area contributed by atoms with Gasteiger partial charge in [0.1, 0.15) is 6.07 Å². The van der Waals surface area contributed by atoms with E-state index in [4.69, 9.17) is 10.00 Å². The van der Waals surface area contributed by atoms with Crippen molar-refractivity contribution in [3.63, 3.8) is 0 Å². The molecule has 1 saturated heterocycles. The van der Waals surface area contributed by atoms with Crippen LogP contribution in [0.25, 0.3) is 0 Å². The summed E-state index contributed by atoms with van der Waals surface area (Å²) in [7, 11) is 1.77. The van der Waals surface area contributed by atoms with Gasteiger partial charge in [0.15, 0.2) is 13.1 Å². The summed E-state index contributed by atoms with van der Waals surface area (Å²) in [4.78, 5) is 27.5. The maximum Gasteiger partial charge on any atom is 0.279 e. The lowest BCUT2D eigenvalue weighted by Gasteiger charge is -2.28. The molecule has 8 heteroatoms. The number of carbonyl (C=O) groups excluding carboxylic acids is 2. The summed E-state index contributed by atoms with van der Waals surface area (Å²) in [6, 6.07) is 16.6. The smallest absolute Gasteiger partial charge is 0.279 e. The maximum absolute atomic E-state index is 12.3. The highest BCUT2D eigenvalue weighted by Gasteiger charge is 2.16.